The number of nitrogens with zero attached hydrogens (tertiary/aromatic N) is 3. The topological polar surface area (TPSA) is 69.0 Å². The summed E-state index contributed by atoms with van der Waals surface area (Å²) in [5.74, 6) is 1.45. The van der Waals surface area contributed by atoms with Gasteiger partial charge < -0.3 is 19.3 Å². The van der Waals surface area contributed by atoms with Crippen LogP contribution in [0.2, 0.25) is 0 Å². The van der Waals surface area contributed by atoms with Gasteiger partial charge in [-0.3, -0.25) is 4.90 Å². The molecule has 2 atom stereocenters. The highest BCUT2D eigenvalue weighted by molar-refractivity contribution is 5.65. The first-order valence-corrected chi connectivity index (χ1v) is 12.5. The van der Waals surface area contributed by atoms with Gasteiger partial charge in [0.2, 0.25) is 5.88 Å². The van der Waals surface area contributed by atoms with Crippen molar-refractivity contribution in [2.45, 2.75) is 51.5 Å². The molecule has 1 aliphatic heterocycles. The molecule has 0 radical (unpaired) electrons. The van der Waals surface area contributed by atoms with E-state index in [0.29, 0.717) is 25.6 Å². The van der Waals surface area contributed by atoms with E-state index in [0.717, 1.165) is 48.6 Å². The number of benzene rings is 2. The van der Waals surface area contributed by atoms with E-state index in [2.05, 4.69) is 17.0 Å². The zero-order chi connectivity index (χ0) is 24.6. The summed E-state index contributed by atoms with van der Waals surface area (Å²) in [4.78, 5) is 2.24. The van der Waals surface area contributed by atoms with Gasteiger partial charge in [0.05, 0.1) is 30.5 Å². The summed E-state index contributed by atoms with van der Waals surface area (Å²) in [5, 5.41) is 15.6. The molecule has 1 fully saturated rings. The molecular weight excluding hydrogens is 442 g/mol. The molecule has 35 heavy (non-hydrogen) atoms. The van der Waals surface area contributed by atoms with E-state index in [9.17, 15) is 5.11 Å². The minimum atomic E-state index is -0.603. The second-order valence-electron chi connectivity index (χ2n) is 9.40. The van der Waals surface area contributed by atoms with Crippen LogP contribution in [-0.2, 0) is 23.1 Å². The Morgan fingerprint density at radius 1 is 1.11 bits per heavy atom. The summed E-state index contributed by atoms with van der Waals surface area (Å²) in [5.41, 5.74) is 2.89. The van der Waals surface area contributed by atoms with Crippen molar-refractivity contribution in [1.29, 1.82) is 0 Å². The first kappa shape index (κ1) is 25.4. The molecule has 7 nitrogen and oxygen atoms in total. The van der Waals surface area contributed by atoms with Gasteiger partial charge in [0.15, 0.2) is 0 Å². The van der Waals surface area contributed by atoms with E-state index in [4.69, 9.17) is 19.3 Å². The van der Waals surface area contributed by atoms with Crippen molar-refractivity contribution >= 4 is 0 Å². The van der Waals surface area contributed by atoms with Gasteiger partial charge >= 0.3 is 0 Å². The van der Waals surface area contributed by atoms with Crippen molar-refractivity contribution in [2.24, 2.45) is 7.05 Å². The summed E-state index contributed by atoms with van der Waals surface area (Å²) in [6, 6.07) is 19.9. The SMILES string of the molecule is CC(C)OC[C@H](O)CN(Cc1c(-c2ccccc2)nn(C)c1Oc1ccccc1)C[C@@H]1CCCO1. The van der Waals surface area contributed by atoms with Gasteiger partial charge in [0.25, 0.3) is 0 Å². The first-order chi connectivity index (χ1) is 17.0. The Balaban J connectivity index is 1.64. The average Bonchev–Trinajstić information content (AvgIpc) is 3.47. The lowest BCUT2D eigenvalue weighted by molar-refractivity contribution is -0.0172. The van der Waals surface area contributed by atoms with Crippen LogP contribution >= 0.6 is 0 Å². The maximum Gasteiger partial charge on any atom is 0.222 e. The molecule has 0 spiro atoms. The van der Waals surface area contributed by atoms with Crippen molar-refractivity contribution in [2.75, 3.05) is 26.3 Å². The third-order valence-corrected chi connectivity index (χ3v) is 6.05. The zero-order valence-corrected chi connectivity index (χ0v) is 21.0. The normalized spacial score (nSPS) is 16.8. The highest BCUT2D eigenvalue weighted by Gasteiger charge is 2.26. The predicted octanol–water partition coefficient (Wildman–Crippen LogP) is 4.65. The third kappa shape index (κ3) is 7.15. The average molecular weight is 480 g/mol. The Kier molecular flexibility index (Phi) is 8.93. The van der Waals surface area contributed by atoms with E-state index in [-0.39, 0.29) is 12.2 Å². The molecular formula is C28H37N3O4. The third-order valence-electron chi connectivity index (χ3n) is 6.05. The quantitative estimate of drug-likeness (QED) is 0.408. The number of rotatable bonds is 12. The molecule has 4 rings (SSSR count). The Morgan fingerprint density at radius 3 is 2.49 bits per heavy atom. The Labute approximate surface area is 208 Å². The van der Waals surface area contributed by atoms with Crippen LogP contribution in [0.15, 0.2) is 60.7 Å². The van der Waals surface area contributed by atoms with Crippen LogP contribution in [0.25, 0.3) is 11.3 Å². The molecule has 1 saturated heterocycles. The predicted molar refractivity (Wildman–Crippen MR) is 137 cm³/mol. The number of para-hydroxylation sites is 1. The van der Waals surface area contributed by atoms with E-state index in [1.807, 2.05) is 69.4 Å². The van der Waals surface area contributed by atoms with Crippen molar-refractivity contribution < 1.29 is 19.3 Å². The molecule has 1 aromatic heterocycles. The van der Waals surface area contributed by atoms with Crippen LogP contribution in [0.1, 0.15) is 32.3 Å². The number of aliphatic hydroxyl groups excluding tert-OH is 1. The van der Waals surface area contributed by atoms with Crippen LogP contribution in [0.5, 0.6) is 11.6 Å². The van der Waals surface area contributed by atoms with Crippen LogP contribution in [0, 0.1) is 0 Å². The van der Waals surface area contributed by atoms with Crippen molar-refractivity contribution in [1.82, 2.24) is 14.7 Å². The van der Waals surface area contributed by atoms with Crippen molar-refractivity contribution in [3.63, 3.8) is 0 Å². The lowest BCUT2D eigenvalue weighted by Gasteiger charge is -2.28. The molecule has 0 saturated carbocycles. The van der Waals surface area contributed by atoms with E-state index >= 15 is 0 Å². The van der Waals surface area contributed by atoms with Crippen molar-refractivity contribution in [3.8, 4) is 22.9 Å². The van der Waals surface area contributed by atoms with Crippen LogP contribution in [-0.4, -0.2) is 64.4 Å². The largest absolute Gasteiger partial charge is 0.439 e. The minimum absolute atomic E-state index is 0.0742. The zero-order valence-electron chi connectivity index (χ0n) is 21.0. The fraction of sp³-hybridized carbons (Fsp3) is 0.464. The molecule has 3 aromatic rings. The lowest BCUT2D eigenvalue weighted by Crippen LogP contribution is -2.39. The van der Waals surface area contributed by atoms with Gasteiger partial charge in [0, 0.05) is 38.9 Å². The summed E-state index contributed by atoms with van der Waals surface area (Å²) in [7, 11) is 1.91. The van der Waals surface area contributed by atoms with E-state index < -0.39 is 6.10 Å². The molecule has 2 heterocycles. The maximum absolute atomic E-state index is 10.8. The Bertz CT molecular complexity index is 1030. The van der Waals surface area contributed by atoms with Crippen LogP contribution < -0.4 is 4.74 Å². The summed E-state index contributed by atoms with van der Waals surface area (Å²) in [6.07, 6.45) is 1.73. The highest BCUT2D eigenvalue weighted by Crippen LogP contribution is 2.34. The highest BCUT2D eigenvalue weighted by atomic mass is 16.5. The Morgan fingerprint density at radius 2 is 1.83 bits per heavy atom. The van der Waals surface area contributed by atoms with Gasteiger partial charge in [-0.2, -0.15) is 5.10 Å². The second kappa shape index (κ2) is 12.3. The number of aryl methyl sites for hydroxylation is 1. The standard InChI is InChI=1S/C28H37N3O4/c1-21(2)34-20-23(32)17-31(18-25-15-10-16-33-25)19-26-27(22-11-6-4-7-12-22)29-30(3)28(26)35-24-13-8-5-9-14-24/h4-9,11-14,21,23,25,32H,10,15-20H2,1-3H3/t23-,25+/m1/s1. The van der Waals surface area contributed by atoms with Crippen LogP contribution in [0.3, 0.4) is 0 Å². The first-order valence-electron chi connectivity index (χ1n) is 12.5. The van der Waals surface area contributed by atoms with E-state index in [1.165, 1.54) is 0 Å². The van der Waals surface area contributed by atoms with Gasteiger partial charge in [-0.15, -0.1) is 0 Å². The van der Waals surface area contributed by atoms with Gasteiger partial charge in [-0.05, 0) is 38.8 Å². The lowest BCUT2D eigenvalue weighted by atomic mass is 10.1. The minimum Gasteiger partial charge on any atom is -0.439 e. The molecule has 1 N–H and O–H groups in total. The fourth-order valence-electron chi connectivity index (χ4n) is 4.41. The van der Waals surface area contributed by atoms with Gasteiger partial charge in [-0.25, -0.2) is 4.68 Å². The smallest absolute Gasteiger partial charge is 0.222 e. The van der Waals surface area contributed by atoms with Gasteiger partial charge in [0.1, 0.15) is 11.4 Å². The fourth-order valence-corrected chi connectivity index (χ4v) is 4.41. The molecule has 1 aliphatic rings. The second-order valence-corrected chi connectivity index (χ2v) is 9.40. The molecule has 2 aromatic carbocycles. The summed E-state index contributed by atoms with van der Waals surface area (Å²) < 4.78 is 19.8. The number of hydrogen-bond donors (Lipinski definition) is 1. The van der Waals surface area contributed by atoms with Crippen LogP contribution in [0.4, 0.5) is 0 Å². The monoisotopic (exact) mass is 479 g/mol. The Hall–Kier alpha value is -2.71. The number of ether oxygens (including phenoxy) is 3. The summed E-state index contributed by atoms with van der Waals surface area (Å²) >= 11 is 0. The molecule has 0 bridgehead atoms. The number of aromatic nitrogens is 2. The molecule has 188 valence electrons. The number of hydrogen-bond acceptors (Lipinski definition) is 6. The summed E-state index contributed by atoms with van der Waals surface area (Å²) in [6.45, 7) is 6.82. The van der Waals surface area contributed by atoms with Gasteiger partial charge in [-0.1, -0.05) is 48.5 Å². The van der Waals surface area contributed by atoms with Crippen molar-refractivity contribution in [3.05, 3.63) is 66.2 Å². The molecule has 0 aliphatic carbocycles. The molecule has 7 heteroatoms. The maximum atomic E-state index is 10.8. The molecule has 0 unspecified atom stereocenters. The van der Waals surface area contributed by atoms with E-state index in [1.54, 1.807) is 4.68 Å². The number of aliphatic hydroxyl groups is 1. The molecule has 0 amide bonds.